The van der Waals surface area contributed by atoms with E-state index in [2.05, 4.69) is 4.98 Å². The van der Waals surface area contributed by atoms with Gasteiger partial charge >= 0.3 is 19.1 Å². The maximum absolute atomic E-state index is 15.2. The Hall–Kier alpha value is -4.67. The molecule has 51 heavy (non-hydrogen) atoms. The zero-order chi connectivity index (χ0) is 37.1. The van der Waals surface area contributed by atoms with Crippen LogP contribution in [0.15, 0.2) is 77.7 Å². The maximum Gasteiger partial charge on any atom is 0.408 e. The Bertz CT molecular complexity index is 2000. The van der Waals surface area contributed by atoms with Gasteiger partial charge in [-0.05, 0) is 60.0 Å². The monoisotopic (exact) mass is 735 g/mol. The number of rotatable bonds is 14. The Morgan fingerprint density at radius 3 is 2.41 bits per heavy atom. The van der Waals surface area contributed by atoms with Crippen LogP contribution in [0.25, 0.3) is 11.1 Å². The Labute approximate surface area is 288 Å². The van der Waals surface area contributed by atoms with Crippen LogP contribution in [-0.4, -0.2) is 56.0 Å². The van der Waals surface area contributed by atoms with Crippen LogP contribution in [-0.2, 0) is 20.2 Å². The summed E-state index contributed by atoms with van der Waals surface area (Å²) in [5, 5.41) is 22.3. The molecule has 13 nitrogen and oxygen atoms in total. The molecule has 4 atom stereocenters. The van der Waals surface area contributed by atoms with E-state index in [1.165, 1.54) is 59.3 Å². The summed E-state index contributed by atoms with van der Waals surface area (Å²) in [6.45, 7) is 2.55. The van der Waals surface area contributed by atoms with Crippen LogP contribution in [0.2, 0.25) is 0 Å². The minimum absolute atomic E-state index is 0.0843. The Morgan fingerprint density at radius 1 is 1.08 bits per heavy atom. The van der Waals surface area contributed by atoms with Gasteiger partial charge in [-0.25, -0.2) is 31.6 Å². The molecule has 1 aromatic heterocycles. The molecule has 4 aromatic rings. The quantitative estimate of drug-likeness (QED) is 0.0610. The summed E-state index contributed by atoms with van der Waals surface area (Å²) in [5.74, 6) is -6.79. The summed E-state index contributed by atoms with van der Waals surface area (Å²) in [7, 11) is -4.25. The highest BCUT2D eigenvalue weighted by atomic mass is 31.2. The molecule has 1 saturated carbocycles. The summed E-state index contributed by atoms with van der Waals surface area (Å²) in [4.78, 5) is 26.8. The van der Waals surface area contributed by atoms with Gasteiger partial charge in [-0.3, -0.25) is 23.7 Å². The van der Waals surface area contributed by atoms with Gasteiger partial charge in [0.25, 0.3) is 5.92 Å². The number of aliphatic hydroxyl groups excluding tert-OH is 1. The average molecular weight is 736 g/mol. The number of nitrogen functional groups attached to an aromatic ring is 1. The molecule has 0 radical (unpaired) electrons. The van der Waals surface area contributed by atoms with Crippen molar-refractivity contribution in [3.63, 3.8) is 0 Å². The lowest BCUT2D eigenvalue weighted by Crippen LogP contribution is -2.41. The molecule has 0 saturated heterocycles. The molecule has 0 bridgehead atoms. The number of alkyl halides is 2. The summed E-state index contributed by atoms with van der Waals surface area (Å²) in [6, 6.07) is 12.0. The fourth-order valence-electron chi connectivity index (χ4n) is 5.75. The predicted molar refractivity (Wildman–Crippen MR) is 177 cm³/mol. The number of ether oxygens (including phenoxy) is 1. The number of aromatic nitrogens is 2. The molecule has 3 N–H and O–H groups in total. The van der Waals surface area contributed by atoms with E-state index in [1.807, 2.05) is 0 Å². The van der Waals surface area contributed by atoms with E-state index >= 15 is 13.2 Å². The maximum atomic E-state index is 15.2. The van der Waals surface area contributed by atoms with Crippen LogP contribution < -0.4 is 16.2 Å². The molecule has 272 valence electrons. The number of nitro benzene ring substituents is 1. The van der Waals surface area contributed by atoms with Gasteiger partial charge in [0, 0.05) is 42.9 Å². The normalized spacial score (nSPS) is 19.6. The second-order valence-corrected chi connectivity index (χ2v) is 13.7. The van der Waals surface area contributed by atoms with Crippen molar-refractivity contribution in [2.45, 2.75) is 44.9 Å². The van der Waals surface area contributed by atoms with Crippen molar-refractivity contribution in [3.8, 4) is 22.6 Å². The molecule has 1 heterocycles. The minimum Gasteiger partial charge on any atom is -0.450 e. The zero-order valence-electron chi connectivity index (χ0n) is 27.3. The number of halogens is 4. The number of benzene rings is 3. The van der Waals surface area contributed by atoms with Gasteiger partial charge in [-0.1, -0.05) is 26.0 Å². The van der Waals surface area contributed by atoms with E-state index in [1.54, 1.807) is 13.8 Å². The van der Waals surface area contributed by atoms with E-state index in [-0.39, 0.29) is 41.5 Å². The molecule has 0 amide bonds. The first kappa shape index (κ1) is 37.6. The van der Waals surface area contributed by atoms with Gasteiger partial charge in [0.15, 0.2) is 0 Å². The molecular weight excluding hydrogens is 701 g/mol. The summed E-state index contributed by atoms with van der Waals surface area (Å²) >= 11 is 0. The molecule has 0 aliphatic heterocycles. The molecule has 18 heteroatoms. The van der Waals surface area contributed by atoms with Gasteiger partial charge in [0.2, 0.25) is 5.75 Å². The number of hydrogen-bond acceptors (Lipinski definition) is 10. The highest BCUT2D eigenvalue weighted by Crippen LogP contribution is 2.55. The number of nitrogens with zero attached hydrogens (tertiary/aromatic N) is 4. The number of nitro groups is 1. The summed E-state index contributed by atoms with van der Waals surface area (Å²) in [5.41, 5.74) is 4.76. The first-order valence-electron chi connectivity index (χ1n) is 15.7. The molecule has 1 fully saturated rings. The van der Waals surface area contributed by atoms with Crippen molar-refractivity contribution < 1.29 is 45.9 Å². The molecule has 1 aliphatic carbocycles. The summed E-state index contributed by atoms with van der Waals surface area (Å²) in [6.07, 6.45) is -1.63. The smallest absolute Gasteiger partial charge is 0.408 e. The SMILES string of the molecule is CCN(CC)P(=O)(OCc1ccc([N+](=O)[O-])c(Oc2ccc(-c3ccc(F)cc3)c(F)c2)c1)OCC1CC(n2ccc(N)nc2=O)C(F)(F)C1O. The van der Waals surface area contributed by atoms with Crippen LogP contribution in [0.4, 0.5) is 29.1 Å². The lowest BCUT2D eigenvalue weighted by atomic mass is 10.0. The lowest BCUT2D eigenvalue weighted by molar-refractivity contribution is -0.385. The van der Waals surface area contributed by atoms with Crippen LogP contribution in [0, 0.1) is 27.7 Å². The fourth-order valence-corrected chi connectivity index (χ4v) is 7.54. The van der Waals surface area contributed by atoms with Gasteiger partial charge < -0.3 is 15.6 Å². The van der Waals surface area contributed by atoms with Crippen molar-refractivity contribution in [1.82, 2.24) is 14.2 Å². The lowest BCUT2D eigenvalue weighted by Gasteiger charge is -2.29. The van der Waals surface area contributed by atoms with Crippen molar-refractivity contribution in [3.05, 3.63) is 111 Å². The van der Waals surface area contributed by atoms with E-state index < -0.39 is 79.3 Å². The van der Waals surface area contributed by atoms with Gasteiger partial charge in [-0.2, -0.15) is 4.98 Å². The molecular formula is C33H34F4N5O8P. The highest BCUT2D eigenvalue weighted by molar-refractivity contribution is 7.51. The van der Waals surface area contributed by atoms with E-state index in [4.69, 9.17) is 19.5 Å². The van der Waals surface area contributed by atoms with E-state index in [9.17, 15) is 29.0 Å². The number of nitrogens with two attached hydrogens (primary N) is 1. The minimum atomic E-state index is -4.25. The van der Waals surface area contributed by atoms with Crippen molar-refractivity contribution >= 4 is 19.3 Å². The Balaban J connectivity index is 1.33. The highest BCUT2D eigenvalue weighted by Gasteiger charge is 2.58. The predicted octanol–water partition coefficient (Wildman–Crippen LogP) is 6.71. The fraction of sp³-hybridized carbons (Fsp3) is 0.333. The van der Waals surface area contributed by atoms with Crippen molar-refractivity contribution in [2.75, 3.05) is 25.4 Å². The van der Waals surface area contributed by atoms with Crippen molar-refractivity contribution in [1.29, 1.82) is 0 Å². The largest absolute Gasteiger partial charge is 0.450 e. The third-order valence-corrected chi connectivity index (χ3v) is 10.7. The third-order valence-electron chi connectivity index (χ3n) is 8.47. The molecule has 3 aromatic carbocycles. The molecule has 0 spiro atoms. The van der Waals surface area contributed by atoms with E-state index in [0.717, 1.165) is 18.3 Å². The first-order chi connectivity index (χ1) is 24.2. The molecule has 5 rings (SSSR count). The number of anilines is 1. The topological polar surface area (TPSA) is 172 Å². The first-order valence-corrected chi connectivity index (χ1v) is 17.2. The Kier molecular flexibility index (Phi) is 11.3. The van der Waals surface area contributed by atoms with Crippen molar-refractivity contribution in [2.24, 2.45) is 5.92 Å². The van der Waals surface area contributed by atoms with Crippen LogP contribution in [0.5, 0.6) is 11.5 Å². The summed E-state index contributed by atoms with van der Waals surface area (Å²) < 4.78 is 91.9. The zero-order valence-corrected chi connectivity index (χ0v) is 28.2. The van der Waals surface area contributed by atoms with E-state index in [0.29, 0.717) is 10.1 Å². The second kappa shape index (κ2) is 15.3. The van der Waals surface area contributed by atoms with Gasteiger partial charge in [0.1, 0.15) is 35.3 Å². The van der Waals surface area contributed by atoms with Crippen LogP contribution in [0.1, 0.15) is 31.9 Å². The number of hydrogen-bond donors (Lipinski definition) is 2. The molecule has 1 aliphatic rings. The second-order valence-electron chi connectivity index (χ2n) is 11.7. The Morgan fingerprint density at radius 2 is 1.78 bits per heavy atom. The van der Waals surface area contributed by atoms with Crippen LogP contribution >= 0.6 is 7.75 Å². The third kappa shape index (κ3) is 8.13. The van der Waals surface area contributed by atoms with Gasteiger partial charge in [-0.15, -0.1) is 0 Å². The standard InChI is InChI=1S/C33H34F4N5O8P/c1-3-40(4-2)51(47,49-19-22-16-29(33(36,37)31(22)43)41-14-13-30(38)39-32(41)44)48-18-20-5-12-27(42(45)46)28(15-20)50-24-10-11-25(26(35)17-24)21-6-8-23(34)9-7-21/h5-15,17,22,29,31,43H,3-4,16,18-19H2,1-2H3,(H2,38,39,44). The molecule has 4 unspecified atom stereocenters. The number of aliphatic hydroxyl groups is 1. The average Bonchev–Trinajstić information content (AvgIpc) is 3.31. The van der Waals surface area contributed by atoms with Gasteiger partial charge in [0.05, 0.1) is 18.1 Å². The van der Waals surface area contributed by atoms with Crippen LogP contribution in [0.3, 0.4) is 0 Å².